The van der Waals surface area contributed by atoms with Gasteiger partial charge < -0.3 is 10.6 Å². The third kappa shape index (κ3) is 3.48. The summed E-state index contributed by atoms with van der Waals surface area (Å²) in [6.45, 7) is 4.42. The van der Waals surface area contributed by atoms with Crippen LogP contribution in [0, 0.1) is 0 Å². The van der Waals surface area contributed by atoms with Crippen LogP contribution in [0.1, 0.15) is 32.3 Å². The zero-order chi connectivity index (χ0) is 16.3. The first-order valence-electron chi connectivity index (χ1n) is 7.49. The molecule has 1 atom stereocenters. The van der Waals surface area contributed by atoms with Gasteiger partial charge in [-0.25, -0.2) is 13.1 Å². The van der Waals surface area contributed by atoms with E-state index in [4.69, 9.17) is 5.73 Å². The second-order valence-electron chi connectivity index (χ2n) is 5.63. The first-order chi connectivity index (χ1) is 10.4. The van der Waals surface area contributed by atoms with Crippen LogP contribution < -0.4 is 15.4 Å². The van der Waals surface area contributed by atoms with Crippen molar-refractivity contribution >= 4 is 21.6 Å². The molecular weight excluding hydrogens is 302 g/mol. The van der Waals surface area contributed by atoms with E-state index in [1.54, 1.807) is 23.1 Å². The van der Waals surface area contributed by atoms with E-state index >= 15 is 0 Å². The van der Waals surface area contributed by atoms with Gasteiger partial charge in [-0.2, -0.15) is 0 Å². The number of rotatable bonds is 6. The first kappa shape index (κ1) is 16.9. The van der Waals surface area contributed by atoms with Gasteiger partial charge in [0.25, 0.3) is 0 Å². The van der Waals surface area contributed by atoms with E-state index in [0.717, 1.165) is 24.1 Å². The Labute approximate surface area is 131 Å². The summed E-state index contributed by atoms with van der Waals surface area (Å²) in [5, 5.41) is 0. The van der Waals surface area contributed by atoms with Crippen molar-refractivity contribution in [2.75, 3.05) is 18.0 Å². The average Bonchev–Trinajstić information content (AvgIpc) is 2.78. The van der Waals surface area contributed by atoms with Crippen LogP contribution in [-0.4, -0.2) is 33.5 Å². The number of hydrogen-bond donors (Lipinski definition) is 2. The highest BCUT2D eigenvalue weighted by Crippen LogP contribution is 2.33. The summed E-state index contributed by atoms with van der Waals surface area (Å²) < 4.78 is 27.1. The molecule has 1 aliphatic heterocycles. The highest BCUT2D eigenvalue weighted by atomic mass is 32.2. The quantitative estimate of drug-likeness (QED) is 0.763. The number of carbonyl (C=O) groups excluding carboxylic acids is 1. The Bertz CT molecular complexity index is 658. The maximum Gasteiger partial charge on any atom is 0.240 e. The van der Waals surface area contributed by atoms with E-state index < -0.39 is 10.0 Å². The largest absolute Gasteiger partial charge is 0.330 e. The molecule has 122 valence electrons. The molecule has 0 aromatic heterocycles. The number of benzene rings is 1. The Kier molecular flexibility index (Phi) is 5.20. The Morgan fingerprint density at radius 1 is 1.41 bits per heavy atom. The molecule has 1 heterocycles. The van der Waals surface area contributed by atoms with Crippen LogP contribution in [0.25, 0.3) is 0 Å². The minimum atomic E-state index is -3.51. The molecule has 0 spiro atoms. The molecule has 22 heavy (non-hydrogen) atoms. The zero-order valence-electron chi connectivity index (χ0n) is 13.0. The van der Waals surface area contributed by atoms with Crippen molar-refractivity contribution in [1.29, 1.82) is 0 Å². The lowest BCUT2D eigenvalue weighted by Crippen LogP contribution is -2.33. The van der Waals surface area contributed by atoms with E-state index in [0.29, 0.717) is 19.5 Å². The topological polar surface area (TPSA) is 92.5 Å². The third-order valence-electron chi connectivity index (χ3n) is 3.84. The van der Waals surface area contributed by atoms with Crippen molar-refractivity contribution in [3.8, 4) is 0 Å². The summed E-state index contributed by atoms with van der Waals surface area (Å²) in [5.41, 5.74) is 7.10. The number of nitrogens with zero attached hydrogens (tertiary/aromatic N) is 1. The summed E-state index contributed by atoms with van der Waals surface area (Å²) in [6.07, 6.45) is 2.18. The number of nitrogens with two attached hydrogens (primary N) is 1. The van der Waals surface area contributed by atoms with Crippen LogP contribution in [-0.2, 0) is 21.2 Å². The molecule has 0 aliphatic carbocycles. The monoisotopic (exact) mass is 325 g/mol. The average molecular weight is 325 g/mol. The minimum Gasteiger partial charge on any atom is -0.330 e. The second-order valence-corrected chi connectivity index (χ2v) is 7.39. The number of nitrogens with one attached hydrogen (secondary N) is 1. The molecule has 2 rings (SSSR count). The molecule has 0 bridgehead atoms. The third-order valence-corrected chi connectivity index (χ3v) is 5.30. The van der Waals surface area contributed by atoms with Crippen molar-refractivity contribution < 1.29 is 13.2 Å². The highest BCUT2D eigenvalue weighted by Gasteiger charge is 2.30. The van der Waals surface area contributed by atoms with Gasteiger partial charge in [0.05, 0.1) is 4.90 Å². The minimum absolute atomic E-state index is 0.0261. The molecule has 1 aromatic rings. The predicted molar refractivity (Wildman–Crippen MR) is 86.2 cm³/mol. The summed E-state index contributed by atoms with van der Waals surface area (Å²) in [4.78, 5) is 13.6. The smallest absolute Gasteiger partial charge is 0.240 e. The lowest BCUT2D eigenvalue weighted by atomic mass is 10.1. The molecule has 0 saturated carbocycles. The summed E-state index contributed by atoms with van der Waals surface area (Å²) in [7, 11) is -3.51. The van der Waals surface area contributed by atoms with E-state index in [1.807, 2.05) is 6.92 Å². The van der Waals surface area contributed by atoms with Crippen LogP contribution in [0.2, 0.25) is 0 Å². The Morgan fingerprint density at radius 3 is 2.77 bits per heavy atom. The number of amides is 1. The maximum atomic E-state index is 12.3. The van der Waals surface area contributed by atoms with Crippen LogP contribution >= 0.6 is 0 Å². The molecule has 3 N–H and O–H groups in total. The van der Waals surface area contributed by atoms with E-state index in [2.05, 4.69) is 4.72 Å². The van der Waals surface area contributed by atoms with Crippen molar-refractivity contribution in [3.05, 3.63) is 23.8 Å². The van der Waals surface area contributed by atoms with Crippen LogP contribution in [0.4, 0.5) is 5.69 Å². The van der Waals surface area contributed by atoms with E-state index in [1.165, 1.54) is 6.92 Å². The van der Waals surface area contributed by atoms with Crippen LogP contribution in [0.15, 0.2) is 23.1 Å². The molecule has 6 nitrogen and oxygen atoms in total. The number of unbranched alkanes of at least 4 members (excludes halogenated alkanes) is 1. The molecule has 0 radical (unpaired) electrons. The Hall–Kier alpha value is -1.44. The van der Waals surface area contributed by atoms with Crippen molar-refractivity contribution in [2.45, 2.75) is 44.0 Å². The fourth-order valence-electron chi connectivity index (χ4n) is 2.81. The van der Waals surface area contributed by atoms with Gasteiger partial charge in [-0.1, -0.05) is 0 Å². The van der Waals surface area contributed by atoms with Gasteiger partial charge in [-0.3, -0.25) is 4.79 Å². The summed E-state index contributed by atoms with van der Waals surface area (Å²) in [6, 6.07) is 5.00. The fourth-order valence-corrected chi connectivity index (χ4v) is 3.94. The summed E-state index contributed by atoms with van der Waals surface area (Å²) >= 11 is 0. The number of hydrogen-bond acceptors (Lipinski definition) is 4. The van der Waals surface area contributed by atoms with Gasteiger partial charge in [0.2, 0.25) is 15.9 Å². The molecule has 7 heteroatoms. The van der Waals surface area contributed by atoms with Gasteiger partial charge >= 0.3 is 0 Å². The Morgan fingerprint density at radius 2 is 2.14 bits per heavy atom. The number of sulfonamides is 1. The number of fused-ring (bicyclic) bond motifs is 1. The number of carbonyl (C=O) groups is 1. The van der Waals surface area contributed by atoms with Crippen molar-refractivity contribution in [1.82, 2.24) is 4.72 Å². The normalized spacial score (nSPS) is 17.6. The van der Waals surface area contributed by atoms with Crippen LogP contribution in [0.5, 0.6) is 0 Å². The van der Waals surface area contributed by atoms with Crippen molar-refractivity contribution in [2.24, 2.45) is 5.73 Å². The van der Waals surface area contributed by atoms with Crippen molar-refractivity contribution in [3.63, 3.8) is 0 Å². The van der Waals surface area contributed by atoms with E-state index in [9.17, 15) is 13.2 Å². The van der Waals surface area contributed by atoms with Gasteiger partial charge in [-0.15, -0.1) is 0 Å². The lowest BCUT2D eigenvalue weighted by molar-refractivity contribution is -0.116. The lowest BCUT2D eigenvalue weighted by Gasteiger charge is -2.20. The molecule has 1 unspecified atom stereocenters. The highest BCUT2D eigenvalue weighted by molar-refractivity contribution is 7.89. The summed E-state index contributed by atoms with van der Waals surface area (Å²) in [5.74, 6) is -0.0261. The molecule has 1 amide bonds. The molecular formula is C15H23N3O3S. The second kappa shape index (κ2) is 6.76. The molecule has 1 aliphatic rings. The van der Waals surface area contributed by atoms with Gasteiger partial charge in [0.1, 0.15) is 0 Å². The van der Waals surface area contributed by atoms with Gasteiger partial charge in [0, 0.05) is 25.2 Å². The van der Waals surface area contributed by atoms with Crippen LogP contribution in [0.3, 0.4) is 0 Å². The molecule has 0 fully saturated rings. The molecule has 0 saturated heterocycles. The standard InChI is InChI=1S/C15H23N3O3S/c1-11-9-13-10-14(5-6-15(13)18(11)12(2)19)22(20,21)17-8-4-3-7-16/h5-6,10-11,17H,3-4,7-9,16H2,1-2H3. The van der Waals surface area contributed by atoms with E-state index in [-0.39, 0.29) is 16.8 Å². The zero-order valence-corrected chi connectivity index (χ0v) is 13.8. The first-order valence-corrected chi connectivity index (χ1v) is 8.97. The predicted octanol–water partition coefficient (Wildman–Crippen LogP) is 1.00. The molecule has 1 aromatic carbocycles. The number of anilines is 1. The Balaban J connectivity index is 2.19. The maximum absolute atomic E-state index is 12.3. The SMILES string of the molecule is CC(=O)N1c2ccc(S(=O)(=O)NCCCCN)cc2CC1C. The van der Waals surface area contributed by atoms with Gasteiger partial charge in [0.15, 0.2) is 0 Å². The van der Waals surface area contributed by atoms with Gasteiger partial charge in [-0.05, 0) is 56.5 Å². The fraction of sp³-hybridized carbons (Fsp3) is 0.533.